The molecule has 0 saturated heterocycles. The molecule has 0 fully saturated rings. The Bertz CT molecular complexity index is 847. The Morgan fingerprint density at radius 1 is 1.00 bits per heavy atom. The molecule has 154 valence electrons. The molecule has 0 unspecified atom stereocenters. The number of non-ortho nitro benzene ring substituents is 1. The number of allylic oxidation sites excluding steroid dienone is 1. The van der Waals surface area contributed by atoms with E-state index in [0.717, 1.165) is 0 Å². The van der Waals surface area contributed by atoms with Crippen LogP contribution in [0.25, 0.3) is 6.08 Å². The minimum Gasteiger partial charge on any atom is -0.467 e. The Morgan fingerprint density at radius 2 is 1.66 bits per heavy atom. The van der Waals surface area contributed by atoms with Crippen LogP contribution in [0.3, 0.4) is 0 Å². The van der Waals surface area contributed by atoms with Gasteiger partial charge in [0.15, 0.2) is 19.4 Å². The number of hydrogen-bond acceptors (Lipinski definition) is 7. The Kier molecular flexibility index (Phi) is 8.81. The van der Waals surface area contributed by atoms with E-state index in [1.807, 2.05) is 13.8 Å². The van der Waals surface area contributed by atoms with E-state index in [1.165, 1.54) is 18.2 Å². The molecule has 0 heterocycles. The number of nitro benzene ring substituents is 1. The molecule has 0 bridgehead atoms. The average molecular weight is 401 g/mol. The predicted molar refractivity (Wildman–Crippen MR) is 107 cm³/mol. The van der Waals surface area contributed by atoms with Gasteiger partial charge in [0.1, 0.15) is 11.5 Å². The van der Waals surface area contributed by atoms with Gasteiger partial charge in [-0.15, -0.1) is 0 Å². The van der Waals surface area contributed by atoms with Crippen molar-refractivity contribution in [2.45, 2.75) is 13.8 Å². The number of ether oxygens (including phenoxy) is 4. The van der Waals surface area contributed by atoms with Gasteiger partial charge < -0.3 is 18.9 Å². The van der Waals surface area contributed by atoms with Gasteiger partial charge in [0, 0.05) is 31.4 Å². The van der Waals surface area contributed by atoms with Crippen molar-refractivity contribution in [1.29, 1.82) is 0 Å². The van der Waals surface area contributed by atoms with Crippen LogP contribution in [-0.4, -0.2) is 37.5 Å². The van der Waals surface area contributed by atoms with E-state index in [2.05, 4.69) is 0 Å². The van der Waals surface area contributed by atoms with Crippen molar-refractivity contribution < 1.29 is 28.7 Å². The number of benzene rings is 2. The molecule has 2 aromatic rings. The summed E-state index contributed by atoms with van der Waals surface area (Å²) < 4.78 is 21.4. The molecule has 8 heteroatoms. The maximum absolute atomic E-state index is 12.6. The fourth-order valence-electron chi connectivity index (χ4n) is 2.27. The first-order chi connectivity index (χ1) is 14.0. The molecule has 0 saturated carbocycles. The molecule has 0 aromatic heterocycles. The van der Waals surface area contributed by atoms with Crippen LogP contribution in [0.1, 0.15) is 29.8 Å². The molecule has 0 radical (unpaired) electrons. The van der Waals surface area contributed by atoms with Crippen LogP contribution < -0.4 is 9.47 Å². The first kappa shape index (κ1) is 22.1. The van der Waals surface area contributed by atoms with Crippen molar-refractivity contribution in [2.24, 2.45) is 0 Å². The van der Waals surface area contributed by atoms with Gasteiger partial charge in [-0.05, 0) is 49.8 Å². The van der Waals surface area contributed by atoms with Gasteiger partial charge in [0.2, 0.25) is 0 Å². The zero-order valence-corrected chi connectivity index (χ0v) is 16.3. The Hall–Kier alpha value is -3.23. The van der Waals surface area contributed by atoms with E-state index in [9.17, 15) is 14.9 Å². The summed E-state index contributed by atoms with van der Waals surface area (Å²) in [4.78, 5) is 22.9. The highest BCUT2D eigenvalue weighted by molar-refractivity contribution is 6.08. The molecule has 2 rings (SSSR count). The third-order valence-electron chi connectivity index (χ3n) is 3.76. The number of rotatable bonds is 12. The topological polar surface area (TPSA) is 97.1 Å². The van der Waals surface area contributed by atoms with Crippen molar-refractivity contribution in [1.82, 2.24) is 0 Å². The average Bonchev–Trinajstić information content (AvgIpc) is 2.73. The fourth-order valence-corrected chi connectivity index (χ4v) is 2.27. The van der Waals surface area contributed by atoms with Gasteiger partial charge in [-0.3, -0.25) is 14.9 Å². The molecule has 8 nitrogen and oxygen atoms in total. The van der Waals surface area contributed by atoms with Crippen LogP contribution in [0.5, 0.6) is 11.5 Å². The zero-order valence-electron chi connectivity index (χ0n) is 16.3. The van der Waals surface area contributed by atoms with E-state index < -0.39 is 4.92 Å². The van der Waals surface area contributed by atoms with Crippen LogP contribution in [0.2, 0.25) is 0 Å². The van der Waals surface area contributed by atoms with Gasteiger partial charge in [0.05, 0.1) is 10.5 Å². The first-order valence-corrected chi connectivity index (χ1v) is 9.07. The molecule has 0 N–H and O–H groups in total. The molecular weight excluding hydrogens is 378 g/mol. The van der Waals surface area contributed by atoms with E-state index in [-0.39, 0.29) is 25.1 Å². The second kappa shape index (κ2) is 11.6. The van der Waals surface area contributed by atoms with Crippen molar-refractivity contribution in [2.75, 3.05) is 26.8 Å². The number of carbonyl (C=O) groups excluding carboxylic acids is 1. The SMILES string of the molecule is CCOCOc1ccc(C(=O)/C=C/c2ccc([N+](=O)[O-])cc2)c(OCOCC)c1. The zero-order chi connectivity index (χ0) is 21.1. The number of hydrogen-bond donors (Lipinski definition) is 0. The van der Waals surface area contributed by atoms with Gasteiger partial charge in [-0.2, -0.15) is 0 Å². The minimum absolute atomic E-state index is 0.00222. The Labute approximate surface area is 168 Å². The molecule has 0 aliphatic heterocycles. The summed E-state index contributed by atoms with van der Waals surface area (Å²) in [5.74, 6) is 0.540. The number of nitro groups is 1. The summed E-state index contributed by atoms with van der Waals surface area (Å²) in [6.07, 6.45) is 2.96. The van der Waals surface area contributed by atoms with Gasteiger partial charge in [-0.25, -0.2) is 0 Å². The lowest BCUT2D eigenvalue weighted by Crippen LogP contribution is -2.08. The van der Waals surface area contributed by atoms with Crippen molar-refractivity contribution in [3.63, 3.8) is 0 Å². The second-order valence-electron chi connectivity index (χ2n) is 5.71. The number of nitrogens with zero attached hydrogens (tertiary/aromatic N) is 1. The standard InChI is InChI=1S/C21H23NO7/c1-3-26-14-28-18-10-11-19(21(13-18)29-15-27-4-2)20(23)12-7-16-5-8-17(9-6-16)22(24)25/h5-13H,3-4,14-15H2,1-2H3/b12-7+. The molecule has 0 aliphatic rings. The monoisotopic (exact) mass is 401 g/mol. The van der Waals surface area contributed by atoms with E-state index in [1.54, 1.807) is 36.4 Å². The summed E-state index contributed by atoms with van der Waals surface area (Å²) in [5, 5.41) is 10.7. The largest absolute Gasteiger partial charge is 0.467 e. The molecule has 2 aromatic carbocycles. The van der Waals surface area contributed by atoms with E-state index in [4.69, 9.17) is 18.9 Å². The second-order valence-corrected chi connectivity index (χ2v) is 5.71. The molecule has 29 heavy (non-hydrogen) atoms. The number of ketones is 1. The smallest absolute Gasteiger partial charge is 0.269 e. The predicted octanol–water partition coefficient (Wildman–Crippen LogP) is 4.24. The lowest BCUT2D eigenvalue weighted by molar-refractivity contribution is -0.384. The maximum Gasteiger partial charge on any atom is 0.269 e. The summed E-state index contributed by atoms with van der Waals surface area (Å²) in [6, 6.07) is 10.8. The summed E-state index contributed by atoms with van der Waals surface area (Å²) in [7, 11) is 0. The van der Waals surface area contributed by atoms with Crippen molar-refractivity contribution in [3.05, 3.63) is 69.8 Å². The van der Waals surface area contributed by atoms with Gasteiger partial charge in [-0.1, -0.05) is 6.08 Å². The van der Waals surface area contributed by atoms with Crippen LogP contribution in [0, 0.1) is 10.1 Å². The maximum atomic E-state index is 12.6. The molecule has 0 amide bonds. The number of carbonyl (C=O) groups is 1. The molecule has 0 spiro atoms. The first-order valence-electron chi connectivity index (χ1n) is 9.07. The summed E-state index contributed by atoms with van der Waals surface area (Å²) >= 11 is 0. The quantitative estimate of drug-likeness (QED) is 0.131. The normalized spacial score (nSPS) is 10.8. The lowest BCUT2D eigenvalue weighted by Gasteiger charge is -2.12. The van der Waals surface area contributed by atoms with Crippen molar-refractivity contribution in [3.8, 4) is 11.5 Å². The molecular formula is C21H23NO7. The third-order valence-corrected chi connectivity index (χ3v) is 3.76. The van der Waals surface area contributed by atoms with Gasteiger partial charge >= 0.3 is 0 Å². The molecule has 0 atom stereocenters. The lowest BCUT2D eigenvalue weighted by atomic mass is 10.1. The van der Waals surface area contributed by atoms with E-state index >= 15 is 0 Å². The minimum atomic E-state index is -0.476. The third kappa shape index (κ3) is 7.02. The fraction of sp³-hybridized carbons (Fsp3) is 0.286. The highest BCUT2D eigenvalue weighted by Crippen LogP contribution is 2.26. The Balaban J connectivity index is 2.16. The van der Waals surface area contributed by atoms with E-state index in [0.29, 0.717) is 35.8 Å². The Morgan fingerprint density at radius 3 is 2.28 bits per heavy atom. The highest BCUT2D eigenvalue weighted by atomic mass is 16.7. The summed E-state index contributed by atoms with van der Waals surface area (Å²) in [5.41, 5.74) is 0.992. The molecule has 0 aliphatic carbocycles. The van der Waals surface area contributed by atoms with Gasteiger partial charge in [0.25, 0.3) is 5.69 Å². The van der Waals surface area contributed by atoms with Crippen molar-refractivity contribution >= 4 is 17.5 Å². The summed E-state index contributed by atoms with van der Waals surface area (Å²) in [6.45, 7) is 4.79. The highest BCUT2D eigenvalue weighted by Gasteiger charge is 2.12. The van der Waals surface area contributed by atoms with Crippen LogP contribution >= 0.6 is 0 Å². The van der Waals surface area contributed by atoms with Crippen LogP contribution in [-0.2, 0) is 9.47 Å². The van der Waals surface area contributed by atoms with Crippen LogP contribution in [0.4, 0.5) is 5.69 Å². The van der Waals surface area contributed by atoms with Crippen LogP contribution in [0.15, 0.2) is 48.5 Å².